The lowest BCUT2D eigenvalue weighted by atomic mass is 9.93. The number of rotatable bonds is 4. The van der Waals surface area contributed by atoms with Crippen LogP contribution in [0.1, 0.15) is 37.9 Å². The third kappa shape index (κ3) is 2.74. The third-order valence-corrected chi connectivity index (χ3v) is 5.92. The molecule has 3 atom stereocenters. The van der Waals surface area contributed by atoms with Crippen molar-refractivity contribution in [3.05, 3.63) is 58.9 Å². The summed E-state index contributed by atoms with van der Waals surface area (Å²) in [5.41, 5.74) is 2.53. The first-order valence-electron chi connectivity index (χ1n) is 9.49. The summed E-state index contributed by atoms with van der Waals surface area (Å²) in [6, 6.07) is 9.32. The van der Waals surface area contributed by atoms with Gasteiger partial charge in [-0.25, -0.2) is 0 Å². The van der Waals surface area contributed by atoms with Gasteiger partial charge in [0.2, 0.25) is 0 Å². The minimum Gasteiger partial charge on any atom is -0.491 e. The van der Waals surface area contributed by atoms with Crippen molar-refractivity contribution in [2.45, 2.75) is 12.0 Å². The molecule has 0 spiro atoms. The molecule has 28 heavy (non-hydrogen) atoms. The minimum absolute atomic E-state index is 0.110. The number of nitrogens with zero attached hydrogens (tertiary/aromatic N) is 1. The fourth-order valence-electron chi connectivity index (χ4n) is 4.28. The van der Waals surface area contributed by atoms with Crippen LogP contribution < -0.4 is 15.4 Å². The lowest BCUT2D eigenvalue weighted by Crippen LogP contribution is -2.30. The topological polar surface area (TPSA) is 89.6 Å². The zero-order chi connectivity index (χ0) is 19.3. The minimum atomic E-state index is -0.274. The van der Waals surface area contributed by atoms with Crippen molar-refractivity contribution in [1.82, 2.24) is 15.6 Å². The van der Waals surface area contributed by atoms with E-state index in [2.05, 4.69) is 15.6 Å². The van der Waals surface area contributed by atoms with Crippen LogP contribution in [0.15, 0.2) is 36.5 Å². The third-order valence-electron chi connectivity index (χ3n) is 5.92. The van der Waals surface area contributed by atoms with Crippen molar-refractivity contribution in [3.8, 4) is 5.75 Å². The standard InChI is InChI=1S/C21H21N3O4/c1-22-21(26)13-7-11(20(25)24-18-15-8-27-9-16(15)18)6-12-14(10-28-19(12)13)17-4-2-3-5-23-17/h2-7,14-16,18H,8-10H2,1H3,(H,22,26)(H,24,25). The van der Waals surface area contributed by atoms with E-state index in [4.69, 9.17) is 9.47 Å². The highest BCUT2D eigenvalue weighted by Gasteiger charge is 2.54. The zero-order valence-corrected chi connectivity index (χ0v) is 15.5. The molecule has 0 radical (unpaired) electrons. The van der Waals surface area contributed by atoms with Gasteiger partial charge in [-0.2, -0.15) is 0 Å². The van der Waals surface area contributed by atoms with E-state index in [9.17, 15) is 9.59 Å². The van der Waals surface area contributed by atoms with Crippen molar-refractivity contribution in [2.24, 2.45) is 11.8 Å². The molecule has 7 heteroatoms. The van der Waals surface area contributed by atoms with Gasteiger partial charge in [-0.3, -0.25) is 14.6 Å². The smallest absolute Gasteiger partial charge is 0.254 e. The maximum atomic E-state index is 12.9. The highest BCUT2D eigenvalue weighted by molar-refractivity contribution is 6.02. The largest absolute Gasteiger partial charge is 0.491 e. The van der Waals surface area contributed by atoms with E-state index in [0.29, 0.717) is 48.5 Å². The number of carbonyl (C=O) groups is 2. The van der Waals surface area contributed by atoms with Gasteiger partial charge < -0.3 is 20.1 Å². The molecule has 2 fully saturated rings. The highest BCUT2D eigenvalue weighted by Crippen LogP contribution is 2.45. The summed E-state index contributed by atoms with van der Waals surface area (Å²) in [6.45, 7) is 1.81. The molecule has 3 unspecified atom stereocenters. The summed E-state index contributed by atoms with van der Waals surface area (Å²) in [4.78, 5) is 29.8. The first-order valence-corrected chi connectivity index (χ1v) is 9.49. The van der Waals surface area contributed by atoms with Crippen LogP contribution in [0.4, 0.5) is 0 Å². The van der Waals surface area contributed by atoms with Gasteiger partial charge in [0.25, 0.3) is 11.8 Å². The number of benzene rings is 1. The molecular weight excluding hydrogens is 358 g/mol. The molecule has 1 saturated heterocycles. The maximum Gasteiger partial charge on any atom is 0.254 e. The molecule has 1 aromatic carbocycles. The van der Waals surface area contributed by atoms with Crippen LogP contribution in [0.25, 0.3) is 0 Å². The molecule has 1 saturated carbocycles. The number of ether oxygens (including phenoxy) is 2. The van der Waals surface area contributed by atoms with Gasteiger partial charge >= 0.3 is 0 Å². The molecule has 1 aliphatic carbocycles. The van der Waals surface area contributed by atoms with E-state index in [1.165, 1.54) is 0 Å². The van der Waals surface area contributed by atoms with Crippen LogP contribution in [0.5, 0.6) is 5.75 Å². The van der Waals surface area contributed by atoms with E-state index in [1.807, 2.05) is 24.3 Å². The molecule has 2 amide bonds. The predicted octanol–water partition coefficient (Wildman–Crippen LogP) is 1.34. The Morgan fingerprint density at radius 3 is 2.64 bits per heavy atom. The second-order valence-electron chi connectivity index (χ2n) is 7.50. The van der Waals surface area contributed by atoms with Crippen LogP contribution in [0.3, 0.4) is 0 Å². The van der Waals surface area contributed by atoms with Crippen molar-refractivity contribution in [1.29, 1.82) is 0 Å². The van der Waals surface area contributed by atoms with Crippen molar-refractivity contribution < 1.29 is 19.1 Å². The maximum absolute atomic E-state index is 12.9. The number of hydrogen-bond acceptors (Lipinski definition) is 5. The fourth-order valence-corrected chi connectivity index (χ4v) is 4.28. The first-order chi connectivity index (χ1) is 13.7. The van der Waals surface area contributed by atoms with Crippen molar-refractivity contribution in [3.63, 3.8) is 0 Å². The van der Waals surface area contributed by atoms with Crippen molar-refractivity contribution in [2.75, 3.05) is 26.9 Å². The van der Waals surface area contributed by atoms with Gasteiger partial charge in [0.1, 0.15) is 12.4 Å². The number of aromatic nitrogens is 1. The number of hydrogen-bond donors (Lipinski definition) is 2. The van der Waals surface area contributed by atoms with E-state index in [-0.39, 0.29) is 23.8 Å². The number of nitrogens with one attached hydrogen (secondary N) is 2. The molecule has 7 nitrogen and oxygen atoms in total. The first kappa shape index (κ1) is 17.2. The second kappa shape index (κ2) is 6.60. The fraction of sp³-hybridized carbons (Fsp3) is 0.381. The van der Waals surface area contributed by atoms with Gasteiger partial charge in [0, 0.05) is 42.2 Å². The normalized spacial score (nSPS) is 26.8. The monoisotopic (exact) mass is 379 g/mol. The molecular formula is C21H21N3O4. The van der Waals surface area contributed by atoms with Gasteiger partial charge in [-0.1, -0.05) is 6.07 Å². The molecule has 2 aromatic rings. The molecule has 3 aliphatic rings. The van der Waals surface area contributed by atoms with E-state index >= 15 is 0 Å². The molecule has 144 valence electrons. The Morgan fingerprint density at radius 1 is 1.11 bits per heavy atom. The molecule has 2 N–H and O–H groups in total. The van der Waals surface area contributed by atoms with Gasteiger partial charge in [-0.15, -0.1) is 0 Å². The van der Waals surface area contributed by atoms with Gasteiger partial charge in [-0.05, 0) is 24.3 Å². The average Bonchev–Trinajstić information content (AvgIpc) is 3.10. The van der Waals surface area contributed by atoms with Gasteiger partial charge in [0.15, 0.2) is 0 Å². The van der Waals surface area contributed by atoms with Crippen LogP contribution in [0.2, 0.25) is 0 Å². The van der Waals surface area contributed by atoms with Crippen LogP contribution in [-0.4, -0.2) is 49.7 Å². The van der Waals surface area contributed by atoms with E-state index in [0.717, 1.165) is 11.3 Å². The lowest BCUT2D eigenvalue weighted by Gasteiger charge is -2.13. The SMILES string of the molecule is CNC(=O)c1cc(C(=O)NC2C3COCC32)cc2c1OCC2c1ccccn1. The summed E-state index contributed by atoms with van der Waals surface area (Å²) in [5, 5.41) is 5.73. The summed E-state index contributed by atoms with van der Waals surface area (Å²) in [5.74, 6) is 0.815. The van der Waals surface area contributed by atoms with Crippen LogP contribution in [-0.2, 0) is 4.74 Å². The summed E-state index contributed by atoms with van der Waals surface area (Å²) in [6.07, 6.45) is 1.73. The second-order valence-corrected chi connectivity index (χ2v) is 7.50. The van der Waals surface area contributed by atoms with Crippen molar-refractivity contribution >= 4 is 11.8 Å². The predicted molar refractivity (Wildman–Crippen MR) is 100 cm³/mol. The Morgan fingerprint density at radius 2 is 1.93 bits per heavy atom. The quantitative estimate of drug-likeness (QED) is 0.837. The van der Waals surface area contributed by atoms with E-state index < -0.39 is 0 Å². The average molecular weight is 379 g/mol. The Labute approximate surface area is 162 Å². The number of carbonyl (C=O) groups excluding carboxylic acids is 2. The molecule has 5 rings (SSSR count). The van der Waals surface area contributed by atoms with Crippen LogP contribution >= 0.6 is 0 Å². The number of pyridine rings is 1. The zero-order valence-electron chi connectivity index (χ0n) is 15.5. The number of amides is 2. The highest BCUT2D eigenvalue weighted by atomic mass is 16.5. The van der Waals surface area contributed by atoms with Gasteiger partial charge in [0.05, 0.1) is 30.4 Å². The lowest BCUT2D eigenvalue weighted by molar-refractivity contribution is 0.0929. The Bertz CT molecular complexity index is 936. The molecule has 3 heterocycles. The summed E-state index contributed by atoms with van der Waals surface area (Å²) >= 11 is 0. The Hall–Kier alpha value is -2.93. The molecule has 2 aliphatic heterocycles. The summed E-state index contributed by atoms with van der Waals surface area (Å²) < 4.78 is 11.2. The Kier molecular flexibility index (Phi) is 4.05. The van der Waals surface area contributed by atoms with E-state index in [1.54, 1.807) is 19.3 Å². The Balaban J connectivity index is 1.50. The number of fused-ring (bicyclic) bond motifs is 2. The molecule has 0 bridgehead atoms. The molecule has 1 aromatic heterocycles. The summed E-state index contributed by atoms with van der Waals surface area (Å²) in [7, 11) is 1.57. The van der Waals surface area contributed by atoms with Crippen LogP contribution in [0, 0.1) is 11.8 Å².